The monoisotopic (exact) mass is 350 g/mol. The number of hydrogen-bond donors (Lipinski definition) is 0. The topological polar surface area (TPSA) is 41.9 Å². The number of carbonyl (C=O) groups excluding carboxylic acids is 1. The molecule has 0 radical (unpaired) electrons. The summed E-state index contributed by atoms with van der Waals surface area (Å²) in [5, 5.41) is 0. The zero-order valence-electron chi connectivity index (χ0n) is 15.7. The highest BCUT2D eigenvalue weighted by atomic mass is 16.6. The van der Waals surface area contributed by atoms with E-state index in [1.165, 1.54) is 16.7 Å². The van der Waals surface area contributed by atoms with Gasteiger partial charge in [-0.05, 0) is 43.9 Å². The van der Waals surface area contributed by atoms with Crippen molar-refractivity contribution >= 4 is 11.9 Å². The van der Waals surface area contributed by atoms with Gasteiger partial charge in [-0.3, -0.25) is 9.89 Å². The maximum atomic E-state index is 12.4. The quantitative estimate of drug-likeness (QED) is 0.784. The molecular weight excluding hydrogens is 324 g/mol. The highest BCUT2D eigenvalue weighted by Gasteiger charge is 2.28. The summed E-state index contributed by atoms with van der Waals surface area (Å²) >= 11 is 0. The smallest absolute Gasteiger partial charge is 0.415 e. The molecule has 1 heterocycles. The molecule has 4 nitrogen and oxygen atoms in total. The van der Waals surface area contributed by atoms with Crippen LogP contribution in [-0.4, -0.2) is 35.5 Å². The second-order valence-electron chi connectivity index (χ2n) is 7.45. The zero-order chi connectivity index (χ0) is 18.6. The lowest BCUT2D eigenvalue weighted by Gasteiger charge is -2.25. The maximum absolute atomic E-state index is 12.4. The van der Waals surface area contributed by atoms with Gasteiger partial charge < -0.3 is 4.74 Å². The Bertz CT molecular complexity index is 791. The normalized spacial score (nSPS) is 14.3. The van der Waals surface area contributed by atoms with Crippen molar-refractivity contribution in [1.82, 2.24) is 4.90 Å². The molecule has 0 saturated carbocycles. The molecule has 0 atom stereocenters. The molecule has 0 bridgehead atoms. The van der Waals surface area contributed by atoms with Crippen LogP contribution in [0.5, 0.6) is 0 Å². The first-order valence-electron chi connectivity index (χ1n) is 9.11. The van der Waals surface area contributed by atoms with Gasteiger partial charge >= 0.3 is 6.09 Å². The molecule has 0 aromatic heterocycles. The largest absolute Gasteiger partial charge is 0.443 e. The van der Waals surface area contributed by atoms with Gasteiger partial charge in [-0.2, -0.15) is 0 Å². The van der Waals surface area contributed by atoms with Gasteiger partial charge in [0.05, 0.1) is 13.1 Å². The average Bonchev–Trinajstić information content (AvgIpc) is 3.08. The first-order chi connectivity index (χ1) is 12.4. The third-order valence-electron chi connectivity index (χ3n) is 4.26. The minimum Gasteiger partial charge on any atom is -0.443 e. The molecule has 1 aliphatic heterocycles. The Kier molecular flexibility index (Phi) is 5.40. The second-order valence-corrected chi connectivity index (χ2v) is 7.45. The molecule has 136 valence electrons. The van der Waals surface area contributed by atoms with Crippen molar-refractivity contribution in [2.75, 3.05) is 13.1 Å². The number of rotatable bonds is 4. The fourth-order valence-electron chi connectivity index (χ4n) is 3.11. The first kappa shape index (κ1) is 18.2. The maximum Gasteiger partial charge on any atom is 0.415 e. The van der Waals surface area contributed by atoms with Crippen molar-refractivity contribution in [3.05, 3.63) is 60.2 Å². The van der Waals surface area contributed by atoms with Gasteiger partial charge in [0, 0.05) is 6.42 Å². The molecular formula is C22H26N2O2. The van der Waals surface area contributed by atoms with Crippen LogP contribution >= 0.6 is 0 Å². The Morgan fingerprint density at radius 3 is 2.46 bits per heavy atom. The van der Waals surface area contributed by atoms with Crippen LogP contribution in [0.1, 0.15) is 32.8 Å². The molecule has 2 aromatic rings. The lowest BCUT2D eigenvalue weighted by Crippen LogP contribution is -2.39. The molecule has 0 fully saturated rings. The van der Waals surface area contributed by atoms with E-state index in [4.69, 9.17) is 4.74 Å². The number of aliphatic imine (C=N–C) groups is 1. The SMILES string of the molecule is CC(C)(C)OC(=O)N1CCN=C1CCc1ccccc1-c1ccccc1. The van der Waals surface area contributed by atoms with Crippen molar-refractivity contribution in [2.24, 2.45) is 4.99 Å². The lowest BCUT2D eigenvalue weighted by molar-refractivity contribution is 0.0381. The van der Waals surface area contributed by atoms with Crippen molar-refractivity contribution in [2.45, 2.75) is 39.2 Å². The third-order valence-corrected chi connectivity index (χ3v) is 4.26. The zero-order valence-corrected chi connectivity index (χ0v) is 15.7. The molecule has 0 unspecified atom stereocenters. The van der Waals surface area contributed by atoms with Gasteiger partial charge in [0.25, 0.3) is 0 Å². The third kappa shape index (κ3) is 4.51. The number of ether oxygens (including phenoxy) is 1. The van der Waals surface area contributed by atoms with Gasteiger partial charge in [-0.15, -0.1) is 0 Å². The number of carbonyl (C=O) groups is 1. The van der Waals surface area contributed by atoms with Crippen LogP contribution in [0.2, 0.25) is 0 Å². The van der Waals surface area contributed by atoms with Crippen molar-refractivity contribution in [3.63, 3.8) is 0 Å². The van der Waals surface area contributed by atoms with E-state index in [2.05, 4.69) is 53.5 Å². The van der Waals surface area contributed by atoms with Crippen molar-refractivity contribution < 1.29 is 9.53 Å². The summed E-state index contributed by atoms with van der Waals surface area (Å²) in [5.41, 5.74) is 3.21. The number of benzene rings is 2. The molecule has 0 saturated heterocycles. The second kappa shape index (κ2) is 7.73. The van der Waals surface area contributed by atoms with E-state index in [1.54, 1.807) is 4.90 Å². The van der Waals surface area contributed by atoms with Crippen molar-refractivity contribution in [3.8, 4) is 11.1 Å². The van der Waals surface area contributed by atoms with Gasteiger partial charge in [0.2, 0.25) is 0 Å². The first-order valence-corrected chi connectivity index (χ1v) is 9.11. The Hall–Kier alpha value is -2.62. The molecule has 3 rings (SSSR count). The standard InChI is InChI=1S/C22H26N2O2/c1-22(2,3)26-21(25)24-16-15-23-20(24)14-13-18-11-7-8-12-19(18)17-9-5-4-6-10-17/h4-12H,13-16H2,1-3H3. The number of nitrogens with zero attached hydrogens (tertiary/aromatic N) is 2. The van der Waals surface area contributed by atoms with Gasteiger partial charge in [-0.1, -0.05) is 54.6 Å². The molecule has 26 heavy (non-hydrogen) atoms. The number of hydrogen-bond acceptors (Lipinski definition) is 3. The fourth-order valence-corrected chi connectivity index (χ4v) is 3.11. The molecule has 0 spiro atoms. The van der Waals surface area contributed by atoms with E-state index in [1.807, 2.05) is 26.8 Å². The van der Waals surface area contributed by atoms with Crippen LogP contribution in [0.15, 0.2) is 59.6 Å². The van der Waals surface area contributed by atoms with Crippen LogP contribution in [0.25, 0.3) is 11.1 Å². The van der Waals surface area contributed by atoms with Gasteiger partial charge in [0.1, 0.15) is 11.4 Å². The molecule has 0 aliphatic carbocycles. The van der Waals surface area contributed by atoms with Crippen molar-refractivity contribution in [1.29, 1.82) is 0 Å². The molecule has 1 aliphatic rings. The van der Waals surface area contributed by atoms with Crippen LogP contribution in [-0.2, 0) is 11.2 Å². The van der Waals surface area contributed by atoms with Gasteiger partial charge in [-0.25, -0.2) is 4.79 Å². The number of amidine groups is 1. The molecule has 2 aromatic carbocycles. The predicted octanol–water partition coefficient (Wildman–Crippen LogP) is 4.94. The van der Waals surface area contributed by atoms with E-state index < -0.39 is 5.60 Å². The number of amides is 1. The van der Waals surface area contributed by atoms with Crippen LogP contribution in [0, 0.1) is 0 Å². The lowest BCUT2D eigenvalue weighted by atomic mass is 9.96. The van der Waals surface area contributed by atoms with E-state index in [-0.39, 0.29) is 6.09 Å². The number of aryl methyl sites for hydroxylation is 1. The summed E-state index contributed by atoms with van der Waals surface area (Å²) in [7, 11) is 0. The minimum atomic E-state index is -0.495. The van der Waals surface area contributed by atoms with Gasteiger partial charge in [0.15, 0.2) is 0 Å². The van der Waals surface area contributed by atoms with Crippen LogP contribution in [0.3, 0.4) is 0 Å². The Morgan fingerprint density at radius 2 is 1.73 bits per heavy atom. The van der Waals surface area contributed by atoms with Crippen LogP contribution in [0.4, 0.5) is 4.79 Å². The highest BCUT2D eigenvalue weighted by Crippen LogP contribution is 2.25. The summed E-state index contributed by atoms with van der Waals surface area (Å²) in [6, 6.07) is 18.8. The molecule has 0 N–H and O–H groups in total. The van der Waals surface area contributed by atoms with E-state index in [9.17, 15) is 4.79 Å². The van der Waals surface area contributed by atoms with Crippen LogP contribution < -0.4 is 0 Å². The Balaban J connectivity index is 1.71. The Labute approximate surface area is 155 Å². The average molecular weight is 350 g/mol. The highest BCUT2D eigenvalue weighted by molar-refractivity contribution is 5.97. The van der Waals surface area contributed by atoms with E-state index in [0.717, 1.165) is 18.7 Å². The minimum absolute atomic E-state index is 0.301. The predicted molar refractivity (Wildman–Crippen MR) is 105 cm³/mol. The summed E-state index contributed by atoms with van der Waals surface area (Å²) in [6.45, 7) is 6.90. The summed E-state index contributed by atoms with van der Waals surface area (Å²) in [6.07, 6.45) is 1.26. The Morgan fingerprint density at radius 1 is 1.04 bits per heavy atom. The molecule has 4 heteroatoms. The summed E-state index contributed by atoms with van der Waals surface area (Å²) in [4.78, 5) is 18.6. The van der Waals surface area contributed by atoms with E-state index >= 15 is 0 Å². The molecule has 1 amide bonds. The summed E-state index contributed by atoms with van der Waals surface area (Å²) < 4.78 is 5.50. The fraction of sp³-hybridized carbons (Fsp3) is 0.364. The van der Waals surface area contributed by atoms with E-state index in [0.29, 0.717) is 13.1 Å². The summed E-state index contributed by atoms with van der Waals surface area (Å²) in [5.74, 6) is 0.821.